The van der Waals surface area contributed by atoms with Gasteiger partial charge in [0, 0.05) is 12.8 Å². The van der Waals surface area contributed by atoms with Crippen LogP contribution in [0.15, 0.2) is 0 Å². The van der Waals surface area contributed by atoms with Crippen molar-refractivity contribution in [1.82, 2.24) is 0 Å². The lowest BCUT2D eigenvalue weighted by Gasteiger charge is -2.41. The second-order valence-electron chi connectivity index (χ2n) is 6.31. The van der Waals surface area contributed by atoms with Crippen molar-refractivity contribution in [2.24, 2.45) is 0 Å². The van der Waals surface area contributed by atoms with Gasteiger partial charge in [-0.1, -0.05) is 0 Å². The highest BCUT2D eigenvalue weighted by Gasteiger charge is 2.49. The quantitative estimate of drug-likeness (QED) is 0.400. The number of quaternary nitrogens is 1. The Labute approximate surface area is 124 Å². The number of carboxylic acids is 2. The monoisotopic (exact) mass is 304 g/mol. The van der Waals surface area contributed by atoms with Crippen molar-refractivity contribution < 1.29 is 34.2 Å². The topological polar surface area (TPSA) is 112 Å². The number of aliphatic carboxylic acids is 2. The van der Waals surface area contributed by atoms with Crippen LogP contribution in [0.3, 0.4) is 0 Å². The van der Waals surface area contributed by atoms with Crippen LogP contribution in [-0.2, 0) is 14.4 Å². The Bertz CT molecular complexity index is 401. The lowest BCUT2D eigenvalue weighted by molar-refractivity contribution is -0.900. The molecule has 0 aliphatic heterocycles. The summed E-state index contributed by atoms with van der Waals surface area (Å²) in [5, 5.41) is 28.1. The fourth-order valence-electron chi connectivity index (χ4n) is 2.13. The van der Waals surface area contributed by atoms with Gasteiger partial charge >= 0.3 is 11.9 Å². The molecule has 7 heteroatoms. The maximum absolute atomic E-state index is 12.3. The Morgan fingerprint density at radius 2 is 1.48 bits per heavy atom. The van der Waals surface area contributed by atoms with E-state index < -0.39 is 35.8 Å². The molecule has 0 rings (SSSR count). The van der Waals surface area contributed by atoms with Crippen LogP contribution in [-0.4, -0.2) is 70.3 Å². The first-order valence-corrected chi connectivity index (χ1v) is 6.91. The molecule has 0 saturated carbocycles. The number of aliphatic hydroxyl groups is 1. The molecule has 21 heavy (non-hydrogen) atoms. The third-order valence-corrected chi connectivity index (χ3v) is 3.80. The van der Waals surface area contributed by atoms with Gasteiger partial charge in [-0.25, -0.2) is 0 Å². The maximum atomic E-state index is 12.3. The number of carbonyl (C=O) groups excluding carboxylic acids is 1. The highest BCUT2D eigenvalue weighted by atomic mass is 16.4. The smallest absolute Gasteiger partial charge is 0.307 e. The normalized spacial score (nSPS) is 16.0. The average molecular weight is 304 g/mol. The van der Waals surface area contributed by atoms with E-state index in [9.17, 15) is 19.5 Å². The highest BCUT2D eigenvalue weighted by molar-refractivity contribution is 5.91. The van der Waals surface area contributed by atoms with Gasteiger partial charge in [0.25, 0.3) is 0 Å². The predicted octanol–water partition coefficient (Wildman–Crippen LogP) is 0.501. The summed E-state index contributed by atoms with van der Waals surface area (Å²) < 4.78 is 0.241. The number of hydrogen-bond acceptors (Lipinski definition) is 4. The summed E-state index contributed by atoms with van der Waals surface area (Å²) >= 11 is 0. The van der Waals surface area contributed by atoms with E-state index in [-0.39, 0.29) is 17.3 Å². The van der Waals surface area contributed by atoms with Crippen molar-refractivity contribution in [2.75, 3.05) is 21.1 Å². The molecule has 0 fully saturated rings. The van der Waals surface area contributed by atoms with Crippen LogP contribution < -0.4 is 0 Å². The van der Waals surface area contributed by atoms with Crippen LogP contribution in [0.1, 0.15) is 39.0 Å². The SMILES string of the molecule is CC(C(O)(CC(=O)O)C(=O)CCCCC(=O)O)[N+](C)(C)C. The van der Waals surface area contributed by atoms with Gasteiger partial charge in [-0.15, -0.1) is 0 Å². The van der Waals surface area contributed by atoms with E-state index in [1.807, 2.05) is 0 Å². The van der Waals surface area contributed by atoms with Crippen molar-refractivity contribution in [3.63, 3.8) is 0 Å². The second-order valence-corrected chi connectivity index (χ2v) is 6.31. The Kier molecular flexibility index (Phi) is 6.99. The summed E-state index contributed by atoms with van der Waals surface area (Å²) in [6.07, 6.45) is -0.0850. The molecule has 0 radical (unpaired) electrons. The molecule has 0 heterocycles. The summed E-state index contributed by atoms with van der Waals surface area (Å²) in [6, 6.07) is -0.597. The standard InChI is InChI=1S/C14H25NO6/c1-10(15(2,3)4)14(21,9-13(19)20)11(16)7-5-6-8-12(17)18/h10,21H,5-9H2,1-4H3,(H-,17,18,19,20)/p+1. The van der Waals surface area contributed by atoms with Gasteiger partial charge in [0.2, 0.25) is 0 Å². The van der Waals surface area contributed by atoms with E-state index in [0.717, 1.165) is 0 Å². The van der Waals surface area contributed by atoms with Crippen molar-refractivity contribution in [3.05, 3.63) is 0 Å². The molecule has 2 atom stereocenters. The molecule has 122 valence electrons. The average Bonchev–Trinajstić information content (AvgIpc) is 2.30. The molecule has 7 nitrogen and oxygen atoms in total. The number of likely N-dealkylation sites (N-methyl/N-ethyl adjacent to an activating group) is 1. The van der Waals surface area contributed by atoms with Gasteiger partial charge in [0.05, 0.1) is 27.6 Å². The molecule has 0 bridgehead atoms. The van der Waals surface area contributed by atoms with Crippen LogP contribution in [0.25, 0.3) is 0 Å². The molecular weight excluding hydrogens is 278 g/mol. The maximum Gasteiger partial charge on any atom is 0.307 e. The molecule has 0 saturated heterocycles. The molecule has 0 spiro atoms. The number of ketones is 1. The molecule has 2 unspecified atom stereocenters. The molecule has 0 aliphatic carbocycles. The van der Waals surface area contributed by atoms with Gasteiger partial charge in [0.15, 0.2) is 11.4 Å². The van der Waals surface area contributed by atoms with E-state index in [0.29, 0.717) is 12.8 Å². The highest BCUT2D eigenvalue weighted by Crippen LogP contribution is 2.26. The van der Waals surface area contributed by atoms with E-state index in [1.165, 1.54) is 0 Å². The Hall–Kier alpha value is -1.47. The number of carboxylic acid groups (broad SMARTS) is 2. The molecule has 0 aromatic carbocycles. The second kappa shape index (κ2) is 7.51. The summed E-state index contributed by atoms with van der Waals surface area (Å²) in [7, 11) is 5.32. The zero-order chi connectivity index (χ0) is 16.8. The molecule has 3 N–H and O–H groups in total. The third kappa shape index (κ3) is 6.22. The summed E-state index contributed by atoms with van der Waals surface area (Å²) in [5.74, 6) is -2.73. The van der Waals surface area contributed by atoms with E-state index >= 15 is 0 Å². The van der Waals surface area contributed by atoms with Crippen molar-refractivity contribution in [2.45, 2.75) is 50.7 Å². The molecule has 0 aliphatic rings. The summed E-state index contributed by atoms with van der Waals surface area (Å²) in [5.41, 5.74) is -1.95. The van der Waals surface area contributed by atoms with Crippen LogP contribution in [0.4, 0.5) is 0 Å². The van der Waals surface area contributed by atoms with E-state index in [2.05, 4.69) is 0 Å². The lowest BCUT2D eigenvalue weighted by Crippen LogP contribution is -2.61. The van der Waals surface area contributed by atoms with E-state index in [4.69, 9.17) is 10.2 Å². The number of carbonyl (C=O) groups is 3. The molecule has 0 aromatic heterocycles. The first-order chi connectivity index (χ1) is 9.41. The third-order valence-electron chi connectivity index (χ3n) is 3.80. The minimum Gasteiger partial charge on any atom is -0.481 e. The van der Waals surface area contributed by atoms with Gasteiger partial charge in [-0.2, -0.15) is 0 Å². The van der Waals surface area contributed by atoms with Crippen LogP contribution in [0.2, 0.25) is 0 Å². The fourth-order valence-corrected chi connectivity index (χ4v) is 2.13. The minimum absolute atomic E-state index is 0.0264. The van der Waals surface area contributed by atoms with Crippen LogP contribution in [0.5, 0.6) is 0 Å². The van der Waals surface area contributed by atoms with Gasteiger partial charge < -0.3 is 19.8 Å². The first kappa shape index (κ1) is 19.5. The fraction of sp³-hybridized carbons (Fsp3) is 0.786. The van der Waals surface area contributed by atoms with Crippen molar-refractivity contribution in [3.8, 4) is 0 Å². The lowest BCUT2D eigenvalue weighted by atomic mass is 9.83. The number of unbranched alkanes of at least 4 members (excludes halogenated alkanes) is 1. The Balaban J connectivity index is 4.93. The van der Waals surface area contributed by atoms with E-state index in [1.54, 1.807) is 28.1 Å². The summed E-state index contributed by atoms with van der Waals surface area (Å²) in [4.78, 5) is 33.6. The van der Waals surface area contributed by atoms with Crippen LogP contribution in [0, 0.1) is 0 Å². The van der Waals surface area contributed by atoms with Gasteiger partial charge in [-0.3, -0.25) is 14.4 Å². The van der Waals surface area contributed by atoms with Crippen molar-refractivity contribution in [1.29, 1.82) is 0 Å². The molecule has 0 aromatic rings. The number of hydrogen-bond donors (Lipinski definition) is 3. The minimum atomic E-state index is -1.95. The Morgan fingerprint density at radius 3 is 1.86 bits per heavy atom. The van der Waals surface area contributed by atoms with Gasteiger partial charge in [0.1, 0.15) is 6.04 Å². The van der Waals surface area contributed by atoms with Crippen molar-refractivity contribution >= 4 is 17.7 Å². The van der Waals surface area contributed by atoms with Gasteiger partial charge in [-0.05, 0) is 19.8 Å². The predicted molar refractivity (Wildman–Crippen MR) is 75.8 cm³/mol. The largest absolute Gasteiger partial charge is 0.481 e. The number of nitrogens with zero attached hydrogens (tertiary/aromatic N) is 1. The number of rotatable bonds is 10. The Morgan fingerprint density at radius 1 is 1.00 bits per heavy atom. The first-order valence-electron chi connectivity index (χ1n) is 6.91. The summed E-state index contributed by atoms with van der Waals surface area (Å²) in [6.45, 7) is 1.64. The zero-order valence-electron chi connectivity index (χ0n) is 13.1. The van der Waals surface area contributed by atoms with Crippen LogP contribution >= 0.6 is 0 Å². The molecule has 0 amide bonds. The molecular formula is C14H26NO6+. The number of Topliss-reactive ketones (excluding diaryl/α,β-unsaturated/α-hetero) is 1. The zero-order valence-corrected chi connectivity index (χ0v) is 13.1.